The summed E-state index contributed by atoms with van der Waals surface area (Å²) in [6, 6.07) is 2.92. The number of halogens is 2. The van der Waals surface area contributed by atoms with Crippen molar-refractivity contribution >= 4 is 11.8 Å². The van der Waals surface area contributed by atoms with Crippen LogP contribution in [0.25, 0.3) is 0 Å². The molecule has 0 saturated carbocycles. The number of rotatable bonds is 6. The molecule has 0 atom stereocenters. The van der Waals surface area contributed by atoms with E-state index in [0.717, 1.165) is 25.0 Å². The van der Waals surface area contributed by atoms with E-state index in [4.69, 9.17) is 5.73 Å². The molecule has 2 amide bonds. The molecule has 1 aromatic carbocycles. The maximum absolute atomic E-state index is 13.8. The van der Waals surface area contributed by atoms with Crippen molar-refractivity contribution in [2.45, 2.75) is 45.1 Å². The first-order valence-electron chi connectivity index (χ1n) is 9.10. The summed E-state index contributed by atoms with van der Waals surface area (Å²) < 4.78 is 26.8. The van der Waals surface area contributed by atoms with Crippen LogP contribution in [0, 0.1) is 17.6 Å². The van der Waals surface area contributed by atoms with Crippen LogP contribution in [0.1, 0.15) is 49.9 Å². The van der Waals surface area contributed by atoms with Gasteiger partial charge in [-0.05, 0) is 37.8 Å². The van der Waals surface area contributed by atoms with E-state index < -0.39 is 23.1 Å². The van der Waals surface area contributed by atoms with E-state index in [9.17, 15) is 18.4 Å². The number of hydrogen-bond donors (Lipinski definition) is 2. The Morgan fingerprint density at radius 3 is 2.38 bits per heavy atom. The number of nitrogens with one attached hydrogen (secondary N) is 1. The van der Waals surface area contributed by atoms with Gasteiger partial charge in [-0.15, -0.1) is 0 Å². The van der Waals surface area contributed by atoms with Crippen LogP contribution in [0.2, 0.25) is 0 Å². The number of benzene rings is 1. The highest BCUT2D eigenvalue weighted by Gasteiger charge is 2.30. The number of carbonyl (C=O) groups is 2. The monoisotopic (exact) mass is 367 g/mol. The fourth-order valence-electron chi connectivity index (χ4n) is 3.09. The fourth-order valence-corrected chi connectivity index (χ4v) is 3.09. The van der Waals surface area contributed by atoms with E-state index in [1.54, 1.807) is 0 Å². The van der Waals surface area contributed by atoms with Crippen LogP contribution < -0.4 is 11.1 Å². The third-order valence-corrected chi connectivity index (χ3v) is 5.34. The minimum Gasteiger partial charge on any atom is -0.354 e. The van der Waals surface area contributed by atoms with Crippen LogP contribution in [0.3, 0.4) is 0 Å². The van der Waals surface area contributed by atoms with Gasteiger partial charge in [0.05, 0.1) is 5.56 Å². The third-order valence-electron chi connectivity index (χ3n) is 5.34. The molecule has 2 rings (SSSR count). The van der Waals surface area contributed by atoms with Crippen LogP contribution in [0.4, 0.5) is 8.78 Å². The molecule has 1 fully saturated rings. The molecule has 0 aliphatic carbocycles. The molecule has 1 saturated heterocycles. The molecule has 1 aliphatic heterocycles. The first kappa shape index (κ1) is 20.3. The topological polar surface area (TPSA) is 75.4 Å². The molecule has 0 radical (unpaired) electrons. The summed E-state index contributed by atoms with van der Waals surface area (Å²) in [5, 5.41) is 2.92. The molecule has 1 aromatic rings. The SMILES string of the molecule is CCC(N)(CC)CNC(=O)C1CCN(C(=O)c2ccc(F)cc2F)CC1. The van der Waals surface area contributed by atoms with Gasteiger partial charge in [0.25, 0.3) is 5.91 Å². The minimum absolute atomic E-state index is 0.0539. The molecule has 0 unspecified atom stereocenters. The van der Waals surface area contributed by atoms with Gasteiger partial charge in [-0.3, -0.25) is 9.59 Å². The Morgan fingerprint density at radius 1 is 1.23 bits per heavy atom. The Labute approximate surface area is 152 Å². The van der Waals surface area contributed by atoms with Crippen molar-refractivity contribution in [3.8, 4) is 0 Å². The molecule has 7 heteroatoms. The van der Waals surface area contributed by atoms with Crippen molar-refractivity contribution in [3.05, 3.63) is 35.4 Å². The van der Waals surface area contributed by atoms with Gasteiger partial charge in [0.2, 0.25) is 5.91 Å². The van der Waals surface area contributed by atoms with Gasteiger partial charge in [0.15, 0.2) is 0 Å². The van der Waals surface area contributed by atoms with Crippen molar-refractivity contribution < 1.29 is 18.4 Å². The summed E-state index contributed by atoms with van der Waals surface area (Å²) in [4.78, 5) is 26.2. The molecular formula is C19H27F2N3O2. The van der Waals surface area contributed by atoms with E-state index in [0.29, 0.717) is 38.5 Å². The van der Waals surface area contributed by atoms with Gasteiger partial charge in [-0.25, -0.2) is 8.78 Å². The lowest BCUT2D eigenvalue weighted by molar-refractivity contribution is -0.126. The van der Waals surface area contributed by atoms with E-state index >= 15 is 0 Å². The van der Waals surface area contributed by atoms with Crippen LogP contribution >= 0.6 is 0 Å². The maximum atomic E-state index is 13.8. The molecule has 3 N–H and O–H groups in total. The summed E-state index contributed by atoms with van der Waals surface area (Å²) in [5.41, 5.74) is 5.65. The standard InChI is InChI=1S/C19H27F2N3O2/c1-3-19(22,4-2)12-23-17(25)13-7-9-24(10-8-13)18(26)15-6-5-14(20)11-16(15)21/h5-6,11,13H,3-4,7-10,12,22H2,1-2H3,(H,23,25). The first-order chi connectivity index (χ1) is 12.3. The molecule has 0 bridgehead atoms. The summed E-state index contributed by atoms with van der Waals surface area (Å²) in [7, 11) is 0. The fraction of sp³-hybridized carbons (Fsp3) is 0.579. The number of likely N-dealkylation sites (tertiary alicyclic amines) is 1. The highest BCUT2D eigenvalue weighted by molar-refractivity contribution is 5.94. The van der Waals surface area contributed by atoms with Crippen molar-refractivity contribution in [3.63, 3.8) is 0 Å². The van der Waals surface area contributed by atoms with Crippen LogP contribution in [0.5, 0.6) is 0 Å². The molecule has 1 aliphatic rings. The van der Waals surface area contributed by atoms with Crippen molar-refractivity contribution in [2.24, 2.45) is 11.7 Å². The largest absolute Gasteiger partial charge is 0.354 e. The van der Waals surface area contributed by atoms with E-state index in [-0.39, 0.29) is 17.4 Å². The molecular weight excluding hydrogens is 340 g/mol. The lowest BCUT2D eigenvalue weighted by Gasteiger charge is -2.33. The molecule has 0 spiro atoms. The second-order valence-corrected chi connectivity index (χ2v) is 6.98. The zero-order valence-electron chi connectivity index (χ0n) is 15.4. The quantitative estimate of drug-likeness (QED) is 0.811. The molecule has 144 valence electrons. The van der Waals surface area contributed by atoms with Gasteiger partial charge >= 0.3 is 0 Å². The van der Waals surface area contributed by atoms with E-state index in [2.05, 4.69) is 5.32 Å². The van der Waals surface area contributed by atoms with Crippen molar-refractivity contribution in [2.75, 3.05) is 19.6 Å². The van der Waals surface area contributed by atoms with E-state index in [1.165, 1.54) is 4.90 Å². The van der Waals surface area contributed by atoms with Gasteiger partial charge in [-0.1, -0.05) is 13.8 Å². The first-order valence-corrected chi connectivity index (χ1v) is 9.10. The second-order valence-electron chi connectivity index (χ2n) is 6.98. The third kappa shape index (κ3) is 4.78. The Morgan fingerprint density at radius 2 is 1.85 bits per heavy atom. The number of amides is 2. The summed E-state index contributed by atoms with van der Waals surface area (Å²) in [6.45, 7) is 5.15. The summed E-state index contributed by atoms with van der Waals surface area (Å²) in [6.07, 6.45) is 2.58. The number of hydrogen-bond acceptors (Lipinski definition) is 3. The number of nitrogens with two attached hydrogens (primary N) is 1. The predicted octanol–water partition coefficient (Wildman–Crippen LogP) is 2.45. The van der Waals surface area contributed by atoms with Crippen LogP contribution in [-0.2, 0) is 4.79 Å². The summed E-state index contributed by atoms with van der Waals surface area (Å²) in [5.74, 6) is -2.30. The summed E-state index contributed by atoms with van der Waals surface area (Å²) >= 11 is 0. The predicted molar refractivity (Wildman–Crippen MR) is 95.5 cm³/mol. The zero-order valence-corrected chi connectivity index (χ0v) is 15.4. The lowest BCUT2D eigenvalue weighted by atomic mass is 9.92. The second kappa shape index (κ2) is 8.58. The van der Waals surface area contributed by atoms with Crippen molar-refractivity contribution in [1.82, 2.24) is 10.2 Å². The maximum Gasteiger partial charge on any atom is 0.256 e. The Hall–Kier alpha value is -2.02. The number of nitrogens with zero attached hydrogens (tertiary/aromatic N) is 1. The number of piperidine rings is 1. The molecule has 1 heterocycles. The van der Waals surface area contributed by atoms with Crippen LogP contribution in [-0.4, -0.2) is 41.9 Å². The zero-order chi connectivity index (χ0) is 19.3. The highest BCUT2D eigenvalue weighted by atomic mass is 19.1. The van der Waals surface area contributed by atoms with Crippen LogP contribution in [0.15, 0.2) is 18.2 Å². The van der Waals surface area contributed by atoms with Crippen molar-refractivity contribution in [1.29, 1.82) is 0 Å². The van der Waals surface area contributed by atoms with E-state index in [1.807, 2.05) is 13.8 Å². The Kier molecular flexibility index (Phi) is 6.69. The smallest absolute Gasteiger partial charge is 0.256 e. The molecule has 5 nitrogen and oxygen atoms in total. The minimum atomic E-state index is -0.867. The van der Waals surface area contributed by atoms with Gasteiger partial charge < -0.3 is 16.0 Å². The highest BCUT2D eigenvalue weighted by Crippen LogP contribution is 2.21. The van der Waals surface area contributed by atoms with Gasteiger partial charge in [0.1, 0.15) is 11.6 Å². The normalized spacial score (nSPS) is 15.8. The Bertz CT molecular complexity index is 654. The Balaban J connectivity index is 1.88. The average molecular weight is 367 g/mol. The average Bonchev–Trinajstić information content (AvgIpc) is 2.65. The molecule has 26 heavy (non-hydrogen) atoms. The number of carbonyl (C=O) groups excluding carboxylic acids is 2. The van der Waals surface area contributed by atoms with Gasteiger partial charge in [0, 0.05) is 37.2 Å². The molecule has 0 aromatic heterocycles. The van der Waals surface area contributed by atoms with Gasteiger partial charge in [-0.2, -0.15) is 0 Å². The lowest BCUT2D eigenvalue weighted by Crippen LogP contribution is -2.51.